The first-order valence-electron chi connectivity index (χ1n) is 7.85. The van der Waals surface area contributed by atoms with Crippen molar-refractivity contribution in [1.82, 2.24) is 0 Å². The van der Waals surface area contributed by atoms with E-state index in [2.05, 4.69) is 15.3 Å². The molecule has 1 unspecified atom stereocenters. The van der Waals surface area contributed by atoms with Gasteiger partial charge in [-0.25, -0.2) is 8.42 Å². The van der Waals surface area contributed by atoms with Gasteiger partial charge in [0, 0.05) is 5.56 Å². The van der Waals surface area contributed by atoms with Crippen LogP contribution in [0.4, 0.5) is 11.4 Å². The number of rotatable bonds is 5. The van der Waals surface area contributed by atoms with Gasteiger partial charge in [-0.2, -0.15) is 20.3 Å². The van der Waals surface area contributed by atoms with E-state index in [0.29, 0.717) is 0 Å². The molecule has 0 N–H and O–H groups in total. The van der Waals surface area contributed by atoms with Gasteiger partial charge in [-0.3, -0.25) is 4.79 Å². The van der Waals surface area contributed by atoms with Crippen molar-refractivity contribution in [1.29, 1.82) is 0 Å². The van der Waals surface area contributed by atoms with Gasteiger partial charge in [0.15, 0.2) is 6.04 Å². The van der Waals surface area contributed by atoms with Gasteiger partial charge in [0.05, 0.1) is 28.0 Å². The average molecular weight is 488 g/mol. The van der Waals surface area contributed by atoms with Crippen LogP contribution in [0.15, 0.2) is 68.8 Å². The average Bonchev–Trinajstić information content (AvgIpc) is 2.93. The second-order valence-corrected chi connectivity index (χ2v) is 7.15. The summed E-state index contributed by atoms with van der Waals surface area (Å²) >= 11 is 0. The second-order valence-electron chi connectivity index (χ2n) is 5.77. The van der Waals surface area contributed by atoms with Crippen LogP contribution in [0, 0.1) is 0 Å². The van der Waals surface area contributed by atoms with Gasteiger partial charge in [-0.1, -0.05) is 24.3 Å². The van der Waals surface area contributed by atoms with Crippen molar-refractivity contribution in [3.8, 4) is 0 Å². The predicted molar refractivity (Wildman–Crippen MR) is 99.8 cm³/mol. The first-order chi connectivity index (χ1) is 13.2. The van der Waals surface area contributed by atoms with E-state index in [1.54, 1.807) is 6.07 Å². The number of carbonyl (C=O) groups is 2. The summed E-state index contributed by atoms with van der Waals surface area (Å²) in [5, 5.41) is 23.8. The molecule has 1 aliphatic heterocycles. The molecule has 29 heavy (non-hydrogen) atoms. The summed E-state index contributed by atoms with van der Waals surface area (Å²) in [5.74, 6) is -2.07. The largest absolute Gasteiger partial charge is 2.00 e. The summed E-state index contributed by atoms with van der Waals surface area (Å²) in [6, 6.07) is 9.48. The van der Waals surface area contributed by atoms with E-state index in [-0.39, 0.29) is 68.1 Å². The third-order valence-electron chi connectivity index (χ3n) is 3.85. The van der Waals surface area contributed by atoms with Crippen LogP contribution in [0.5, 0.6) is 0 Å². The summed E-state index contributed by atoms with van der Waals surface area (Å²) in [6.07, 6.45) is 0. The predicted octanol–water partition coefficient (Wildman–Crippen LogP) is 0.448. The first-order valence-corrected chi connectivity index (χ1v) is 9.25. The van der Waals surface area contributed by atoms with Crippen LogP contribution in [-0.2, 0) is 14.9 Å². The topological polar surface area (TPSA) is 155 Å². The third kappa shape index (κ3) is 5.15. The number of carbonyl (C=O) groups excluding carboxylic acids is 2. The second kappa shape index (κ2) is 9.24. The maximum absolute atomic E-state index is 12.6. The molecular weight excluding hydrogens is 476 g/mol. The van der Waals surface area contributed by atoms with Gasteiger partial charge in [-0.05, 0) is 31.2 Å². The minimum absolute atomic E-state index is 0. The van der Waals surface area contributed by atoms with E-state index in [9.17, 15) is 27.7 Å². The molecule has 0 fully saturated rings. The van der Waals surface area contributed by atoms with Crippen molar-refractivity contribution >= 4 is 84.6 Å². The molecule has 0 aliphatic carbocycles. The molecule has 0 radical (unpaired) electrons. The number of hydrogen-bond acceptors (Lipinski definition) is 9. The maximum Gasteiger partial charge on any atom is 2.00 e. The molecule has 1 amide bonds. The normalized spacial score (nSPS) is 16.6. The smallest absolute Gasteiger partial charge is 0.744 e. The third-order valence-corrected chi connectivity index (χ3v) is 4.68. The molecule has 144 valence electrons. The Hall–Kier alpha value is -1.96. The van der Waals surface area contributed by atoms with Crippen LogP contribution in [0.2, 0.25) is 0 Å². The molecule has 1 heterocycles. The maximum atomic E-state index is 12.6. The monoisotopic (exact) mass is 488 g/mol. The molecule has 0 aromatic heterocycles. The van der Waals surface area contributed by atoms with E-state index in [1.165, 1.54) is 37.3 Å². The Kier molecular flexibility index (Phi) is 7.43. The number of benzene rings is 2. The van der Waals surface area contributed by atoms with Crippen LogP contribution < -0.4 is 10.1 Å². The first kappa shape index (κ1) is 23.3. The number of aromatic carboxylic acids is 1. The van der Waals surface area contributed by atoms with E-state index in [0.717, 1.165) is 17.1 Å². The molecule has 2 aromatic rings. The molecule has 1 aliphatic rings. The Morgan fingerprint density at radius 1 is 1.17 bits per heavy atom. The SMILES string of the molecule is CC1=NN(c2cccc(S(=O)(=O)[O-])c2)C(=O)C1N=Nc1ccccc1C(=O)[O-].[Sr+2]. The fourth-order valence-electron chi connectivity index (χ4n) is 2.50. The van der Waals surface area contributed by atoms with E-state index in [4.69, 9.17) is 0 Å². The van der Waals surface area contributed by atoms with Gasteiger partial charge in [0.1, 0.15) is 10.1 Å². The number of hydrazone groups is 1. The standard InChI is InChI=1S/C17H14N4O6S.Sr/c1-10-15(19-18-14-8-3-2-7-13(14)17(23)24)16(22)21(20-10)11-5-4-6-12(9-11)28(25,26)27;/h2-9,15H,1H3,(H,23,24)(H,25,26,27);/q;+2/p-2. The molecule has 0 saturated heterocycles. The van der Waals surface area contributed by atoms with Crippen molar-refractivity contribution in [3.63, 3.8) is 0 Å². The number of amides is 1. The van der Waals surface area contributed by atoms with Crippen LogP contribution in [-0.4, -0.2) is 82.1 Å². The number of nitrogens with zero attached hydrogens (tertiary/aromatic N) is 4. The van der Waals surface area contributed by atoms with Crippen molar-refractivity contribution in [2.45, 2.75) is 17.9 Å². The number of carboxylic acid groups (broad SMARTS) is 1. The molecule has 0 bridgehead atoms. The van der Waals surface area contributed by atoms with Crippen molar-refractivity contribution < 1.29 is 27.7 Å². The Bertz CT molecular complexity index is 1130. The van der Waals surface area contributed by atoms with Crippen LogP contribution in [0.25, 0.3) is 0 Å². The molecule has 12 heteroatoms. The zero-order chi connectivity index (χ0) is 20.5. The minimum atomic E-state index is -4.70. The van der Waals surface area contributed by atoms with Gasteiger partial charge in [0.2, 0.25) is 0 Å². The quantitative estimate of drug-likeness (QED) is 0.338. The Morgan fingerprint density at radius 2 is 1.86 bits per heavy atom. The molecule has 10 nitrogen and oxygen atoms in total. The summed E-state index contributed by atoms with van der Waals surface area (Å²) in [5.41, 5.74) is 0.168. The van der Waals surface area contributed by atoms with Crippen LogP contribution in [0.1, 0.15) is 17.3 Å². The molecule has 0 spiro atoms. The molecule has 3 rings (SSSR count). The van der Waals surface area contributed by atoms with E-state index in [1.807, 2.05) is 0 Å². The number of carboxylic acids is 1. The zero-order valence-corrected chi connectivity index (χ0v) is 19.3. The Labute approximate surface area is 203 Å². The summed E-state index contributed by atoms with van der Waals surface area (Å²) in [4.78, 5) is 23.2. The van der Waals surface area contributed by atoms with Crippen molar-refractivity contribution in [3.05, 3.63) is 54.1 Å². The van der Waals surface area contributed by atoms with E-state index >= 15 is 0 Å². The molecule has 2 aromatic carbocycles. The van der Waals surface area contributed by atoms with Crippen molar-refractivity contribution in [2.75, 3.05) is 5.01 Å². The fourth-order valence-corrected chi connectivity index (χ4v) is 3.01. The van der Waals surface area contributed by atoms with Gasteiger partial charge in [0.25, 0.3) is 5.91 Å². The van der Waals surface area contributed by atoms with Gasteiger partial charge < -0.3 is 14.5 Å². The van der Waals surface area contributed by atoms with Crippen molar-refractivity contribution in [2.24, 2.45) is 15.3 Å². The number of azo groups is 1. The summed E-state index contributed by atoms with van der Waals surface area (Å²) < 4.78 is 33.5. The molecule has 0 saturated carbocycles. The van der Waals surface area contributed by atoms with Crippen LogP contribution in [0.3, 0.4) is 0 Å². The number of hydrogen-bond donors (Lipinski definition) is 0. The summed E-state index contributed by atoms with van der Waals surface area (Å²) in [7, 11) is -4.70. The van der Waals surface area contributed by atoms with Gasteiger partial charge in [-0.15, -0.1) is 0 Å². The fraction of sp³-hybridized carbons (Fsp3) is 0.118. The number of anilines is 1. The van der Waals surface area contributed by atoms with E-state index < -0.39 is 32.9 Å². The Morgan fingerprint density at radius 3 is 2.52 bits per heavy atom. The zero-order valence-electron chi connectivity index (χ0n) is 15.0. The molecular formula is C17H12N4O6SSr. The molecule has 1 atom stereocenters. The van der Waals surface area contributed by atoms with Crippen LogP contribution >= 0.6 is 0 Å². The minimum Gasteiger partial charge on any atom is -0.744 e. The van der Waals surface area contributed by atoms with Gasteiger partial charge >= 0.3 is 45.5 Å². The summed E-state index contributed by atoms with van der Waals surface area (Å²) in [6.45, 7) is 1.51. The Balaban J connectivity index is 0.00000300.